The van der Waals surface area contributed by atoms with Gasteiger partial charge in [0.25, 0.3) is 11.8 Å². The second-order valence-electron chi connectivity index (χ2n) is 8.02. The molecule has 184 valence electrons. The molecule has 1 saturated heterocycles. The van der Waals surface area contributed by atoms with E-state index in [1.165, 1.54) is 11.0 Å². The lowest BCUT2D eigenvalue weighted by atomic mass is 10.1. The highest BCUT2D eigenvalue weighted by Gasteiger charge is 2.34. The van der Waals surface area contributed by atoms with Crippen LogP contribution in [0.2, 0.25) is 0 Å². The van der Waals surface area contributed by atoms with Crippen molar-refractivity contribution in [2.24, 2.45) is 0 Å². The van der Waals surface area contributed by atoms with Crippen molar-refractivity contribution in [2.45, 2.75) is 26.9 Å². The van der Waals surface area contributed by atoms with E-state index < -0.39 is 11.8 Å². The van der Waals surface area contributed by atoms with Gasteiger partial charge in [-0.25, -0.2) is 0 Å². The maximum Gasteiger partial charge on any atom is 0.270 e. The SMILES string of the molecule is CCOc1cc(/C=C2\C(=O)NC(=S)N(c3ccc(CC)cc3)C2=O)cc(Br)c1OCc1ccccc1. The molecule has 4 rings (SSSR count). The minimum atomic E-state index is -0.551. The van der Waals surface area contributed by atoms with Crippen molar-refractivity contribution in [1.82, 2.24) is 5.32 Å². The third-order valence-electron chi connectivity index (χ3n) is 5.57. The van der Waals surface area contributed by atoms with E-state index in [4.69, 9.17) is 21.7 Å². The molecule has 0 radical (unpaired) electrons. The molecular formula is C28H25BrN2O4S. The lowest BCUT2D eigenvalue weighted by Gasteiger charge is -2.29. The van der Waals surface area contributed by atoms with Crippen LogP contribution < -0.4 is 19.7 Å². The number of benzene rings is 3. The standard InChI is InChI=1S/C28H25BrN2O4S/c1-3-18-10-12-21(13-11-18)31-27(33)22(26(32)30-28(31)36)14-20-15-23(29)25(24(16-20)34-4-2)35-17-19-8-6-5-7-9-19/h5-16H,3-4,17H2,1-2H3,(H,30,32,36)/b22-14+. The monoisotopic (exact) mass is 564 g/mol. The van der Waals surface area contributed by atoms with Crippen LogP contribution >= 0.6 is 28.1 Å². The quantitative estimate of drug-likeness (QED) is 0.212. The number of halogens is 1. The average Bonchev–Trinajstić information content (AvgIpc) is 2.87. The second-order valence-corrected chi connectivity index (χ2v) is 9.26. The molecule has 0 bridgehead atoms. The fraction of sp³-hybridized carbons (Fsp3) is 0.179. The number of nitrogens with one attached hydrogen (secondary N) is 1. The minimum Gasteiger partial charge on any atom is -0.490 e. The summed E-state index contributed by atoms with van der Waals surface area (Å²) in [6, 6.07) is 20.8. The molecule has 2 amide bonds. The van der Waals surface area contributed by atoms with E-state index in [1.54, 1.807) is 12.1 Å². The molecule has 6 nitrogen and oxygen atoms in total. The average molecular weight is 565 g/mol. The fourth-order valence-corrected chi connectivity index (χ4v) is 4.60. The number of rotatable bonds is 8. The molecule has 0 unspecified atom stereocenters. The van der Waals surface area contributed by atoms with E-state index in [0.717, 1.165) is 17.5 Å². The maximum atomic E-state index is 13.4. The van der Waals surface area contributed by atoms with Crippen molar-refractivity contribution in [1.29, 1.82) is 0 Å². The van der Waals surface area contributed by atoms with Gasteiger partial charge in [-0.1, -0.05) is 49.4 Å². The van der Waals surface area contributed by atoms with Crippen LogP contribution in [0.4, 0.5) is 5.69 Å². The number of carbonyl (C=O) groups excluding carboxylic acids is 2. The zero-order valence-corrected chi connectivity index (χ0v) is 22.3. The van der Waals surface area contributed by atoms with Gasteiger partial charge in [0.15, 0.2) is 16.6 Å². The number of anilines is 1. The first-order valence-corrected chi connectivity index (χ1v) is 12.7. The Labute approximate surface area is 224 Å². The van der Waals surface area contributed by atoms with Gasteiger partial charge in [0.2, 0.25) is 0 Å². The Balaban J connectivity index is 1.65. The first-order valence-electron chi connectivity index (χ1n) is 11.5. The number of hydrogen-bond donors (Lipinski definition) is 1. The third-order valence-corrected chi connectivity index (χ3v) is 6.45. The first kappa shape index (κ1) is 25.6. The van der Waals surface area contributed by atoms with Gasteiger partial charge >= 0.3 is 0 Å². The molecule has 1 aliphatic heterocycles. The van der Waals surface area contributed by atoms with E-state index in [9.17, 15) is 9.59 Å². The van der Waals surface area contributed by atoms with Crippen LogP contribution in [-0.2, 0) is 22.6 Å². The van der Waals surface area contributed by atoms with Crippen molar-refractivity contribution < 1.29 is 19.1 Å². The van der Waals surface area contributed by atoms with Crippen LogP contribution in [0.3, 0.4) is 0 Å². The number of amides is 2. The molecule has 1 aliphatic rings. The predicted octanol–water partition coefficient (Wildman–Crippen LogP) is 5.82. The van der Waals surface area contributed by atoms with Crippen molar-refractivity contribution >= 4 is 56.8 Å². The minimum absolute atomic E-state index is 0.0320. The van der Waals surface area contributed by atoms with Crippen LogP contribution in [-0.4, -0.2) is 23.5 Å². The van der Waals surface area contributed by atoms with Gasteiger partial charge < -0.3 is 9.47 Å². The molecule has 0 aliphatic carbocycles. The molecule has 0 aromatic heterocycles. The summed E-state index contributed by atoms with van der Waals surface area (Å²) in [6.07, 6.45) is 2.41. The molecule has 3 aromatic rings. The zero-order chi connectivity index (χ0) is 25.7. The summed E-state index contributed by atoms with van der Waals surface area (Å²) in [5, 5.41) is 2.67. The van der Waals surface area contributed by atoms with Gasteiger partial charge in [0.05, 0.1) is 16.8 Å². The van der Waals surface area contributed by atoms with Gasteiger partial charge in [-0.15, -0.1) is 0 Å². The Morgan fingerprint density at radius 2 is 1.69 bits per heavy atom. The molecule has 0 atom stereocenters. The van der Waals surface area contributed by atoms with Crippen LogP contribution in [0.5, 0.6) is 11.5 Å². The summed E-state index contributed by atoms with van der Waals surface area (Å²) >= 11 is 8.86. The number of ether oxygens (including phenoxy) is 2. The van der Waals surface area contributed by atoms with E-state index in [1.807, 2.05) is 61.5 Å². The lowest BCUT2D eigenvalue weighted by molar-refractivity contribution is -0.122. The number of thiocarbonyl (C=S) groups is 1. The van der Waals surface area contributed by atoms with Crippen molar-refractivity contribution in [3.8, 4) is 11.5 Å². The molecule has 1 N–H and O–H groups in total. The van der Waals surface area contributed by atoms with Crippen LogP contribution in [0.1, 0.15) is 30.5 Å². The van der Waals surface area contributed by atoms with E-state index in [-0.39, 0.29) is 10.7 Å². The lowest BCUT2D eigenvalue weighted by Crippen LogP contribution is -2.54. The van der Waals surface area contributed by atoms with Crippen LogP contribution in [0, 0.1) is 0 Å². The van der Waals surface area contributed by atoms with Gasteiger partial charge in [-0.2, -0.15) is 0 Å². The molecular weight excluding hydrogens is 540 g/mol. The predicted molar refractivity (Wildman–Crippen MR) is 148 cm³/mol. The summed E-state index contributed by atoms with van der Waals surface area (Å²) in [5.74, 6) is -0.00153. The summed E-state index contributed by atoms with van der Waals surface area (Å²) in [6.45, 7) is 4.72. The molecule has 3 aromatic carbocycles. The van der Waals surface area contributed by atoms with E-state index >= 15 is 0 Å². The second kappa shape index (κ2) is 11.5. The highest BCUT2D eigenvalue weighted by molar-refractivity contribution is 9.10. The fourth-order valence-electron chi connectivity index (χ4n) is 3.74. The molecule has 0 saturated carbocycles. The summed E-state index contributed by atoms with van der Waals surface area (Å²) in [7, 11) is 0. The number of hydrogen-bond acceptors (Lipinski definition) is 5. The molecule has 0 spiro atoms. The van der Waals surface area contributed by atoms with E-state index in [0.29, 0.717) is 40.4 Å². The van der Waals surface area contributed by atoms with E-state index in [2.05, 4.69) is 28.2 Å². The van der Waals surface area contributed by atoms with Crippen LogP contribution in [0.15, 0.2) is 76.8 Å². The molecule has 36 heavy (non-hydrogen) atoms. The number of nitrogens with zero attached hydrogens (tertiary/aromatic N) is 1. The van der Waals surface area contributed by atoms with Gasteiger partial charge in [0, 0.05) is 0 Å². The topological polar surface area (TPSA) is 67.9 Å². The zero-order valence-electron chi connectivity index (χ0n) is 19.9. The number of aryl methyl sites for hydroxylation is 1. The highest BCUT2D eigenvalue weighted by Crippen LogP contribution is 2.38. The maximum absolute atomic E-state index is 13.4. The Bertz CT molecular complexity index is 1320. The van der Waals surface area contributed by atoms with Crippen LogP contribution in [0.25, 0.3) is 6.08 Å². The molecule has 1 fully saturated rings. The summed E-state index contributed by atoms with van der Waals surface area (Å²) < 4.78 is 12.5. The van der Waals surface area contributed by atoms with Crippen molar-refractivity contribution in [3.05, 3.63) is 93.5 Å². The normalized spacial score (nSPS) is 14.7. The summed E-state index contributed by atoms with van der Waals surface area (Å²) in [5.41, 5.74) is 3.32. The van der Waals surface area contributed by atoms with Crippen molar-refractivity contribution in [3.63, 3.8) is 0 Å². The van der Waals surface area contributed by atoms with Crippen molar-refractivity contribution in [2.75, 3.05) is 11.5 Å². The van der Waals surface area contributed by atoms with Gasteiger partial charge in [-0.3, -0.25) is 19.8 Å². The summed E-state index contributed by atoms with van der Waals surface area (Å²) in [4.78, 5) is 27.4. The first-order chi connectivity index (χ1) is 17.4. The highest BCUT2D eigenvalue weighted by atomic mass is 79.9. The molecule has 8 heteroatoms. The third kappa shape index (κ3) is 5.66. The Kier molecular flexibility index (Phi) is 8.18. The van der Waals surface area contributed by atoms with Gasteiger partial charge in [0.1, 0.15) is 12.2 Å². The largest absolute Gasteiger partial charge is 0.490 e. The smallest absolute Gasteiger partial charge is 0.270 e. The number of carbonyl (C=O) groups is 2. The Hall–Kier alpha value is -3.49. The van der Waals surface area contributed by atoms with Gasteiger partial charge in [-0.05, 0) is 88.5 Å². The Morgan fingerprint density at radius 1 is 0.972 bits per heavy atom. The molecule has 1 heterocycles. The Morgan fingerprint density at radius 3 is 2.36 bits per heavy atom.